The van der Waals surface area contributed by atoms with E-state index in [1.165, 1.54) is 15.8 Å². The topological polar surface area (TPSA) is 84.7 Å². The fraction of sp³-hybridized carbons (Fsp3) is 0.579. The van der Waals surface area contributed by atoms with Crippen LogP contribution in [0.1, 0.15) is 30.2 Å². The summed E-state index contributed by atoms with van der Waals surface area (Å²) in [4.78, 5) is 47.2. The molecule has 4 rings (SSSR count). The summed E-state index contributed by atoms with van der Waals surface area (Å²) in [7, 11) is 0. The normalized spacial score (nSPS) is 16.9. The van der Waals surface area contributed by atoms with Gasteiger partial charge in [-0.25, -0.2) is 9.78 Å². The van der Waals surface area contributed by atoms with Gasteiger partial charge >= 0.3 is 6.09 Å². The molecule has 0 N–H and O–H groups in total. The summed E-state index contributed by atoms with van der Waals surface area (Å²) in [6.45, 7) is 3.84. The van der Waals surface area contributed by atoms with E-state index in [1.807, 2.05) is 0 Å². The second-order valence-electron chi connectivity index (χ2n) is 7.14. The van der Waals surface area contributed by atoms with E-state index in [1.54, 1.807) is 28.1 Å². The molecule has 150 valence electrons. The summed E-state index contributed by atoms with van der Waals surface area (Å²) in [5.41, 5.74) is 1.01. The third-order valence-electron chi connectivity index (χ3n) is 5.41. The molecule has 0 aromatic carbocycles. The Kier molecular flexibility index (Phi) is 5.34. The largest absolute Gasteiger partial charge is 0.450 e. The van der Waals surface area contributed by atoms with Gasteiger partial charge in [0.25, 0.3) is 5.56 Å². The Morgan fingerprint density at radius 3 is 2.61 bits per heavy atom. The SMILES string of the molecule is CCOC(=O)N1CCN(C(=O)Cn2cnc3sc4c(c3c2=O)CCCC4)CC1. The van der Waals surface area contributed by atoms with Crippen LogP contribution in [-0.4, -0.2) is 64.1 Å². The van der Waals surface area contributed by atoms with Crippen molar-refractivity contribution >= 4 is 33.6 Å². The van der Waals surface area contributed by atoms with E-state index in [9.17, 15) is 14.4 Å². The highest BCUT2D eigenvalue weighted by atomic mass is 32.1. The molecule has 0 unspecified atom stereocenters. The zero-order chi connectivity index (χ0) is 19.7. The molecule has 1 saturated heterocycles. The highest BCUT2D eigenvalue weighted by molar-refractivity contribution is 7.18. The van der Waals surface area contributed by atoms with Crippen LogP contribution in [0, 0.1) is 0 Å². The fourth-order valence-corrected chi connectivity index (χ4v) is 5.11. The Labute approximate surface area is 166 Å². The molecule has 2 aliphatic rings. The van der Waals surface area contributed by atoms with E-state index in [0.29, 0.717) is 38.2 Å². The van der Waals surface area contributed by atoms with E-state index in [2.05, 4.69) is 4.98 Å². The first-order chi connectivity index (χ1) is 13.6. The van der Waals surface area contributed by atoms with Gasteiger partial charge in [0.15, 0.2) is 0 Å². The fourth-order valence-electron chi connectivity index (χ4n) is 3.89. The van der Waals surface area contributed by atoms with Gasteiger partial charge in [0.05, 0.1) is 18.3 Å². The van der Waals surface area contributed by atoms with Gasteiger partial charge in [-0.1, -0.05) is 0 Å². The van der Waals surface area contributed by atoms with Crippen molar-refractivity contribution < 1.29 is 14.3 Å². The van der Waals surface area contributed by atoms with Crippen LogP contribution >= 0.6 is 11.3 Å². The average Bonchev–Trinajstić information content (AvgIpc) is 3.09. The molecule has 8 nitrogen and oxygen atoms in total. The van der Waals surface area contributed by atoms with Crippen molar-refractivity contribution in [3.8, 4) is 0 Å². The minimum atomic E-state index is -0.345. The van der Waals surface area contributed by atoms with Crippen molar-refractivity contribution in [2.24, 2.45) is 0 Å². The van der Waals surface area contributed by atoms with Crippen molar-refractivity contribution in [1.82, 2.24) is 19.4 Å². The first kappa shape index (κ1) is 18.9. The maximum atomic E-state index is 13.0. The number of nitrogens with zero attached hydrogens (tertiary/aromatic N) is 4. The molecule has 0 atom stereocenters. The van der Waals surface area contributed by atoms with Crippen molar-refractivity contribution in [3.05, 3.63) is 27.1 Å². The second-order valence-corrected chi connectivity index (χ2v) is 8.22. The maximum Gasteiger partial charge on any atom is 0.409 e. The van der Waals surface area contributed by atoms with Crippen LogP contribution in [0.25, 0.3) is 10.2 Å². The number of carbonyl (C=O) groups is 2. The first-order valence-corrected chi connectivity index (χ1v) is 10.6. The van der Waals surface area contributed by atoms with Gasteiger partial charge in [-0.3, -0.25) is 14.2 Å². The Balaban J connectivity index is 1.47. The smallest absolute Gasteiger partial charge is 0.409 e. The second kappa shape index (κ2) is 7.90. The molecule has 0 bridgehead atoms. The number of amides is 2. The average molecular weight is 404 g/mol. The number of thiophene rings is 1. The van der Waals surface area contributed by atoms with Gasteiger partial charge in [0.1, 0.15) is 11.4 Å². The summed E-state index contributed by atoms with van der Waals surface area (Å²) in [5.74, 6) is -0.129. The van der Waals surface area contributed by atoms with E-state index < -0.39 is 0 Å². The lowest BCUT2D eigenvalue weighted by Gasteiger charge is -2.34. The minimum Gasteiger partial charge on any atom is -0.450 e. The van der Waals surface area contributed by atoms with Gasteiger partial charge in [-0.15, -0.1) is 11.3 Å². The Morgan fingerprint density at radius 1 is 1.14 bits per heavy atom. The summed E-state index contributed by atoms with van der Waals surface area (Å²) in [6, 6.07) is 0. The standard InChI is InChI=1S/C19H24N4O4S/c1-2-27-19(26)22-9-7-21(8-10-22)15(24)11-23-12-20-17-16(18(23)25)13-5-3-4-6-14(13)28-17/h12H,2-11H2,1H3. The molecule has 1 aliphatic carbocycles. The van der Waals surface area contributed by atoms with E-state index in [4.69, 9.17) is 4.74 Å². The van der Waals surface area contributed by atoms with Crippen molar-refractivity contribution in [1.29, 1.82) is 0 Å². The van der Waals surface area contributed by atoms with Gasteiger partial charge < -0.3 is 14.5 Å². The number of aromatic nitrogens is 2. The quantitative estimate of drug-likeness (QED) is 0.776. The Hall–Kier alpha value is -2.42. The predicted octanol–water partition coefficient (Wildman–Crippen LogP) is 1.64. The monoisotopic (exact) mass is 404 g/mol. The summed E-state index contributed by atoms with van der Waals surface area (Å²) in [6.07, 6.45) is 5.32. The van der Waals surface area contributed by atoms with E-state index in [-0.39, 0.29) is 24.1 Å². The van der Waals surface area contributed by atoms with Crippen LogP contribution < -0.4 is 5.56 Å². The summed E-state index contributed by atoms with van der Waals surface area (Å²) in [5, 5.41) is 0.696. The third-order valence-corrected chi connectivity index (χ3v) is 6.61. The van der Waals surface area contributed by atoms with Crippen LogP contribution in [0.5, 0.6) is 0 Å². The van der Waals surface area contributed by atoms with Gasteiger partial charge in [-0.05, 0) is 38.2 Å². The van der Waals surface area contributed by atoms with E-state index >= 15 is 0 Å². The number of ether oxygens (including phenoxy) is 1. The Morgan fingerprint density at radius 2 is 1.86 bits per heavy atom. The molecule has 9 heteroatoms. The van der Waals surface area contributed by atoms with Crippen molar-refractivity contribution in [3.63, 3.8) is 0 Å². The molecule has 0 saturated carbocycles. The van der Waals surface area contributed by atoms with Crippen LogP contribution in [0.4, 0.5) is 4.79 Å². The van der Waals surface area contributed by atoms with E-state index in [0.717, 1.165) is 36.1 Å². The van der Waals surface area contributed by atoms with Gasteiger partial charge in [0, 0.05) is 31.1 Å². The van der Waals surface area contributed by atoms with Gasteiger partial charge in [0.2, 0.25) is 5.91 Å². The Bertz CT molecular complexity index is 959. The number of hydrogen-bond acceptors (Lipinski definition) is 6. The van der Waals surface area contributed by atoms with Crippen LogP contribution in [-0.2, 0) is 28.9 Å². The molecule has 2 aromatic heterocycles. The van der Waals surface area contributed by atoms with Crippen molar-refractivity contribution in [2.75, 3.05) is 32.8 Å². The molecular formula is C19H24N4O4S. The lowest BCUT2D eigenvalue weighted by atomic mass is 9.97. The first-order valence-electron chi connectivity index (χ1n) is 9.77. The molecule has 28 heavy (non-hydrogen) atoms. The third kappa shape index (κ3) is 3.50. The highest BCUT2D eigenvalue weighted by Gasteiger charge is 2.26. The van der Waals surface area contributed by atoms with Crippen LogP contribution in [0.3, 0.4) is 0 Å². The molecule has 3 heterocycles. The zero-order valence-corrected chi connectivity index (χ0v) is 16.8. The molecule has 0 radical (unpaired) electrons. The summed E-state index contributed by atoms with van der Waals surface area (Å²) < 4.78 is 6.42. The molecule has 2 amide bonds. The zero-order valence-electron chi connectivity index (χ0n) is 16.0. The minimum absolute atomic E-state index is 0.0220. The molecular weight excluding hydrogens is 380 g/mol. The number of fused-ring (bicyclic) bond motifs is 3. The molecule has 2 aromatic rings. The molecule has 1 aliphatic heterocycles. The highest BCUT2D eigenvalue weighted by Crippen LogP contribution is 2.33. The molecule has 1 fully saturated rings. The maximum absolute atomic E-state index is 13.0. The van der Waals surface area contributed by atoms with Gasteiger partial charge in [-0.2, -0.15) is 0 Å². The summed E-state index contributed by atoms with van der Waals surface area (Å²) >= 11 is 1.61. The van der Waals surface area contributed by atoms with Crippen LogP contribution in [0.15, 0.2) is 11.1 Å². The number of piperazine rings is 1. The van der Waals surface area contributed by atoms with Crippen LogP contribution in [0.2, 0.25) is 0 Å². The molecule has 0 spiro atoms. The lowest BCUT2D eigenvalue weighted by Crippen LogP contribution is -2.51. The predicted molar refractivity (Wildman–Crippen MR) is 106 cm³/mol. The number of carbonyl (C=O) groups excluding carboxylic acids is 2. The van der Waals surface area contributed by atoms with Crippen molar-refractivity contribution in [2.45, 2.75) is 39.2 Å². The number of aryl methyl sites for hydroxylation is 2. The number of rotatable bonds is 3. The lowest BCUT2D eigenvalue weighted by molar-refractivity contribution is -0.133. The number of hydrogen-bond donors (Lipinski definition) is 0.